The molecule has 0 fully saturated rings. The molecule has 0 spiro atoms. The lowest BCUT2D eigenvalue weighted by molar-refractivity contribution is 0.102. The Morgan fingerprint density at radius 2 is 1.95 bits per heavy atom. The van der Waals surface area contributed by atoms with E-state index in [-0.39, 0.29) is 5.91 Å². The van der Waals surface area contributed by atoms with Crippen LogP contribution in [0.25, 0.3) is 0 Å². The normalized spacial score (nSPS) is 10.1. The maximum atomic E-state index is 12.2. The Balaban J connectivity index is 2.11. The summed E-state index contributed by atoms with van der Waals surface area (Å²) in [6.07, 6.45) is 1.02. The zero-order valence-corrected chi connectivity index (χ0v) is 11.8. The molecule has 0 saturated carbocycles. The van der Waals surface area contributed by atoms with Crippen molar-refractivity contribution in [2.75, 3.05) is 17.2 Å². The molecule has 4 nitrogen and oxygen atoms in total. The number of carbonyl (C=O) groups is 1. The molecule has 0 aliphatic rings. The molecule has 2 N–H and O–H groups in total. The molecular weight excluding hydrogens is 250 g/mol. The van der Waals surface area contributed by atoms with Crippen molar-refractivity contribution >= 4 is 17.4 Å². The first-order chi connectivity index (χ1) is 9.70. The monoisotopic (exact) mass is 269 g/mol. The predicted molar refractivity (Wildman–Crippen MR) is 82.1 cm³/mol. The van der Waals surface area contributed by atoms with E-state index in [0.717, 1.165) is 30.0 Å². The third-order valence-corrected chi connectivity index (χ3v) is 2.93. The Labute approximate surface area is 119 Å². The molecule has 104 valence electrons. The van der Waals surface area contributed by atoms with E-state index in [2.05, 4.69) is 22.5 Å². The maximum absolute atomic E-state index is 12.2. The average molecular weight is 269 g/mol. The fourth-order valence-corrected chi connectivity index (χ4v) is 1.81. The lowest BCUT2D eigenvalue weighted by Crippen LogP contribution is -2.15. The molecule has 0 unspecified atom stereocenters. The summed E-state index contributed by atoms with van der Waals surface area (Å²) >= 11 is 0. The molecule has 20 heavy (non-hydrogen) atoms. The number of benzene rings is 1. The van der Waals surface area contributed by atoms with Crippen LogP contribution >= 0.6 is 0 Å². The van der Waals surface area contributed by atoms with Crippen LogP contribution in [0.3, 0.4) is 0 Å². The summed E-state index contributed by atoms with van der Waals surface area (Å²) in [6, 6.07) is 13.1. The molecule has 0 aliphatic carbocycles. The topological polar surface area (TPSA) is 54.0 Å². The van der Waals surface area contributed by atoms with Crippen LogP contribution in [0.2, 0.25) is 0 Å². The largest absolute Gasteiger partial charge is 0.370 e. The first kappa shape index (κ1) is 14.1. The highest BCUT2D eigenvalue weighted by atomic mass is 16.1. The number of para-hydroxylation sites is 1. The number of pyridine rings is 1. The van der Waals surface area contributed by atoms with Gasteiger partial charge in [0.05, 0.1) is 0 Å². The van der Waals surface area contributed by atoms with Crippen molar-refractivity contribution in [3.63, 3.8) is 0 Å². The number of aromatic nitrogens is 1. The number of aryl methyl sites for hydroxylation is 1. The van der Waals surface area contributed by atoms with Gasteiger partial charge >= 0.3 is 0 Å². The Bertz CT molecular complexity index is 596. The summed E-state index contributed by atoms with van der Waals surface area (Å²) in [5, 5.41) is 6.05. The van der Waals surface area contributed by atoms with Gasteiger partial charge in [0, 0.05) is 12.2 Å². The van der Waals surface area contributed by atoms with Gasteiger partial charge in [0.25, 0.3) is 5.91 Å². The van der Waals surface area contributed by atoms with E-state index in [1.807, 2.05) is 43.3 Å². The van der Waals surface area contributed by atoms with E-state index in [0.29, 0.717) is 5.69 Å². The van der Waals surface area contributed by atoms with E-state index in [1.165, 1.54) is 0 Å². The summed E-state index contributed by atoms with van der Waals surface area (Å²) in [5.41, 5.74) is 2.25. The molecule has 1 heterocycles. The van der Waals surface area contributed by atoms with Crippen LogP contribution in [-0.2, 0) is 0 Å². The second-order valence-electron chi connectivity index (χ2n) is 4.60. The third kappa shape index (κ3) is 3.57. The van der Waals surface area contributed by atoms with Crippen LogP contribution in [0.5, 0.6) is 0 Å². The smallest absolute Gasteiger partial charge is 0.274 e. The molecule has 0 bridgehead atoms. The van der Waals surface area contributed by atoms with E-state index in [9.17, 15) is 4.79 Å². The van der Waals surface area contributed by atoms with Crippen LogP contribution in [0.1, 0.15) is 29.4 Å². The van der Waals surface area contributed by atoms with Crippen LogP contribution in [0.15, 0.2) is 42.5 Å². The molecule has 0 aliphatic heterocycles. The van der Waals surface area contributed by atoms with Crippen LogP contribution in [0, 0.1) is 6.92 Å². The minimum Gasteiger partial charge on any atom is -0.370 e. The summed E-state index contributed by atoms with van der Waals surface area (Å²) < 4.78 is 0. The van der Waals surface area contributed by atoms with Gasteiger partial charge in [0.15, 0.2) is 0 Å². The minimum atomic E-state index is -0.195. The molecule has 4 heteroatoms. The second-order valence-corrected chi connectivity index (χ2v) is 4.60. The summed E-state index contributed by atoms with van der Waals surface area (Å²) in [6.45, 7) is 4.89. The third-order valence-electron chi connectivity index (χ3n) is 2.93. The first-order valence-corrected chi connectivity index (χ1v) is 6.78. The van der Waals surface area contributed by atoms with E-state index in [1.54, 1.807) is 6.07 Å². The fraction of sp³-hybridized carbons (Fsp3) is 0.250. The Kier molecular flexibility index (Phi) is 4.71. The summed E-state index contributed by atoms with van der Waals surface area (Å²) in [7, 11) is 0. The van der Waals surface area contributed by atoms with Gasteiger partial charge in [-0.05, 0) is 37.1 Å². The molecule has 1 amide bonds. The quantitative estimate of drug-likeness (QED) is 0.874. The minimum absolute atomic E-state index is 0.195. The van der Waals surface area contributed by atoms with Crippen molar-refractivity contribution < 1.29 is 4.79 Å². The van der Waals surface area contributed by atoms with Crippen molar-refractivity contribution in [3.8, 4) is 0 Å². The number of hydrogen-bond donors (Lipinski definition) is 2. The van der Waals surface area contributed by atoms with Gasteiger partial charge in [-0.1, -0.05) is 31.2 Å². The molecule has 0 radical (unpaired) electrons. The van der Waals surface area contributed by atoms with Gasteiger partial charge in [0.1, 0.15) is 11.5 Å². The molecular formula is C16H19N3O. The van der Waals surface area contributed by atoms with Crippen LogP contribution in [0.4, 0.5) is 11.5 Å². The SMILES string of the molecule is CCCNc1cccc(C(=O)Nc2ccccc2C)n1. The highest BCUT2D eigenvalue weighted by Crippen LogP contribution is 2.14. The van der Waals surface area contributed by atoms with Crippen molar-refractivity contribution in [2.45, 2.75) is 20.3 Å². The number of hydrogen-bond acceptors (Lipinski definition) is 3. The number of carbonyl (C=O) groups excluding carboxylic acids is 1. The van der Waals surface area contributed by atoms with Gasteiger partial charge in [-0.2, -0.15) is 0 Å². The number of rotatable bonds is 5. The fourth-order valence-electron chi connectivity index (χ4n) is 1.81. The zero-order valence-electron chi connectivity index (χ0n) is 11.8. The zero-order chi connectivity index (χ0) is 14.4. The van der Waals surface area contributed by atoms with Crippen LogP contribution in [-0.4, -0.2) is 17.4 Å². The van der Waals surface area contributed by atoms with Crippen molar-refractivity contribution in [1.82, 2.24) is 4.98 Å². The first-order valence-electron chi connectivity index (χ1n) is 6.78. The predicted octanol–water partition coefficient (Wildman–Crippen LogP) is 3.46. The van der Waals surface area contributed by atoms with Gasteiger partial charge in [-0.25, -0.2) is 4.98 Å². The molecule has 1 aromatic carbocycles. The van der Waals surface area contributed by atoms with E-state index in [4.69, 9.17) is 0 Å². The maximum Gasteiger partial charge on any atom is 0.274 e. The summed E-state index contributed by atoms with van der Waals surface area (Å²) in [4.78, 5) is 16.5. The highest BCUT2D eigenvalue weighted by molar-refractivity contribution is 6.03. The Morgan fingerprint density at radius 3 is 2.70 bits per heavy atom. The van der Waals surface area contributed by atoms with Gasteiger partial charge in [-0.15, -0.1) is 0 Å². The van der Waals surface area contributed by atoms with Gasteiger partial charge < -0.3 is 10.6 Å². The van der Waals surface area contributed by atoms with E-state index < -0.39 is 0 Å². The van der Waals surface area contributed by atoms with Gasteiger partial charge in [-0.3, -0.25) is 4.79 Å². The molecule has 2 aromatic rings. The molecule has 0 atom stereocenters. The van der Waals surface area contributed by atoms with Crippen LogP contribution < -0.4 is 10.6 Å². The van der Waals surface area contributed by atoms with Crippen molar-refractivity contribution in [3.05, 3.63) is 53.7 Å². The Hall–Kier alpha value is -2.36. The van der Waals surface area contributed by atoms with Crippen molar-refractivity contribution in [1.29, 1.82) is 0 Å². The number of nitrogens with one attached hydrogen (secondary N) is 2. The number of amides is 1. The molecule has 2 rings (SSSR count). The lowest BCUT2D eigenvalue weighted by atomic mass is 10.2. The number of nitrogens with zero attached hydrogens (tertiary/aromatic N) is 1. The standard InChI is InChI=1S/C16H19N3O/c1-3-11-17-15-10-6-9-14(18-15)16(20)19-13-8-5-4-7-12(13)2/h4-10H,3,11H2,1-2H3,(H,17,18)(H,19,20). The van der Waals surface area contributed by atoms with E-state index >= 15 is 0 Å². The number of anilines is 2. The highest BCUT2D eigenvalue weighted by Gasteiger charge is 2.09. The Morgan fingerprint density at radius 1 is 1.15 bits per heavy atom. The average Bonchev–Trinajstić information content (AvgIpc) is 2.48. The lowest BCUT2D eigenvalue weighted by Gasteiger charge is -2.09. The molecule has 1 aromatic heterocycles. The second kappa shape index (κ2) is 6.70. The van der Waals surface area contributed by atoms with Gasteiger partial charge in [0.2, 0.25) is 0 Å². The van der Waals surface area contributed by atoms with Crippen molar-refractivity contribution in [2.24, 2.45) is 0 Å². The summed E-state index contributed by atoms with van der Waals surface area (Å²) in [5.74, 6) is 0.531. The molecule has 0 saturated heterocycles.